The van der Waals surface area contributed by atoms with Crippen molar-refractivity contribution in [3.63, 3.8) is 0 Å². The molecule has 0 aliphatic rings. The number of aromatic nitrogens is 2. The maximum Gasteiger partial charge on any atom is 0.251 e. The maximum absolute atomic E-state index is 12.5. The van der Waals surface area contributed by atoms with Crippen molar-refractivity contribution in [1.82, 2.24) is 15.5 Å². The normalized spacial score (nSPS) is 11.9. The topological polar surface area (TPSA) is 93.2 Å². The third-order valence-electron chi connectivity index (χ3n) is 3.59. The molecule has 134 valence electrons. The molecule has 2 aromatic rings. The smallest absolute Gasteiger partial charge is 0.251 e. The van der Waals surface area contributed by atoms with Gasteiger partial charge in [0.05, 0.1) is 7.11 Å². The molecule has 0 aliphatic heterocycles. The van der Waals surface area contributed by atoms with E-state index in [2.05, 4.69) is 20.8 Å². The summed E-state index contributed by atoms with van der Waals surface area (Å²) in [5.41, 5.74) is 0.462. The van der Waals surface area contributed by atoms with Gasteiger partial charge in [-0.1, -0.05) is 32.1 Å². The van der Waals surface area contributed by atoms with Crippen LogP contribution in [0.1, 0.15) is 36.1 Å². The Kier molecular flexibility index (Phi) is 6.46. The third kappa shape index (κ3) is 4.99. The van der Waals surface area contributed by atoms with Gasteiger partial charge in [0.2, 0.25) is 11.0 Å². The number of aryl methyl sites for hydroxylation is 1. The summed E-state index contributed by atoms with van der Waals surface area (Å²) in [6.07, 6.45) is 0.759. The number of nitrogens with zero attached hydrogens (tertiary/aromatic N) is 2. The van der Waals surface area contributed by atoms with Crippen LogP contribution in [0, 0.1) is 5.92 Å². The summed E-state index contributed by atoms with van der Waals surface area (Å²) in [5, 5.41) is 14.7. The Labute approximate surface area is 150 Å². The first kappa shape index (κ1) is 18.9. The van der Waals surface area contributed by atoms with Gasteiger partial charge in [-0.2, -0.15) is 0 Å². The molecule has 1 atom stereocenters. The number of anilines is 1. The van der Waals surface area contributed by atoms with E-state index in [0.717, 1.165) is 11.4 Å². The quantitative estimate of drug-likeness (QED) is 0.789. The molecule has 1 aromatic carbocycles. The van der Waals surface area contributed by atoms with Crippen molar-refractivity contribution in [2.24, 2.45) is 5.92 Å². The van der Waals surface area contributed by atoms with E-state index in [9.17, 15) is 9.59 Å². The maximum atomic E-state index is 12.5. The van der Waals surface area contributed by atoms with Crippen LogP contribution in [0.15, 0.2) is 24.3 Å². The molecule has 25 heavy (non-hydrogen) atoms. The Morgan fingerprint density at radius 2 is 1.88 bits per heavy atom. The predicted octanol–water partition coefficient (Wildman–Crippen LogP) is 2.50. The molecule has 7 nitrogen and oxygen atoms in total. The molecule has 1 heterocycles. The summed E-state index contributed by atoms with van der Waals surface area (Å²) in [4.78, 5) is 24.9. The molecule has 0 saturated carbocycles. The highest BCUT2D eigenvalue weighted by atomic mass is 32.1. The number of carbonyl (C=O) groups excluding carboxylic acids is 2. The molecule has 2 amide bonds. The van der Waals surface area contributed by atoms with E-state index in [-0.39, 0.29) is 17.7 Å². The number of hydrogen-bond donors (Lipinski definition) is 2. The average molecular weight is 362 g/mol. The number of methoxy groups -OCH3 is 1. The van der Waals surface area contributed by atoms with E-state index in [1.807, 2.05) is 20.8 Å². The standard InChI is InChI=1S/C17H22N4O3S/c1-5-13-20-21-17(25-13)19-16(23)14(10(2)3)18-15(22)11-6-8-12(24-4)9-7-11/h6-10,14H,5H2,1-4H3,(H,18,22)(H,19,21,23)/t14-/m1/s1. The first-order valence-corrected chi connectivity index (χ1v) is 8.84. The fraction of sp³-hybridized carbons (Fsp3) is 0.412. The monoisotopic (exact) mass is 362 g/mol. The zero-order valence-electron chi connectivity index (χ0n) is 14.7. The molecular formula is C17H22N4O3S. The van der Waals surface area contributed by atoms with Gasteiger partial charge in [-0.25, -0.2) is 0 Å². The first-order chi connectivity index (χ1) is 11.9. The van der Waals surface area contributed by atoms with Gasteiger partial charge in [0.1, 0.15) is 16.8 Å². The van der Waals surface area contributed by atoms with Gasteiger partial charge in [-0.15, -0.1) is 10.2 Å². The molecule has 0 aliphatic carbocycles. The minimum absolute atomic E-state index is 0.0826. The van der Waals surface area contributed by atoms with Crippen molar-refractivity contribution in [3.8, 4) is 5.75 Å². The molecule has 8 heteroatoms. The fourth-order valence-corrected chi connectivity index (χ4v) is 2.81. The van der Waals surface area contributed by atoms with Crippen molar-refractivity contribution in [1.29, 1.82) is 0 Å². The molecule has 0 fully saturated rings. The SMILES string of the molecule is CCc1nnc(NC(=O)[C@H](NC(=O)c2ccc(OC)cc2)C(C)C)s1. The highest BCUT2D eigenvalue weighted by molar-refractivity contribution is 7.15. The van der Waals surface area contributed by atoms with E-state index >= 15 is 0 Å². The summed E-state index contributed by atoms with van der Waals surface area (Å²) in [7, 11) is 1.56. The second-order valence-electron chi connectivity index (χ2n) is 5.77. The lowest BCUT2D eigenvalue weighted by molar-refractivity contribution is -0.118. The Hall–Kier alpha value is -2.48. The Balaban J connectivity index is 2.05. The van der Waals surface area contributed by atoms with Gasteiger partial charge in [0, 0.05) is 5.56 Å². The van der Waals surface area contributed by atoms with E-state index in [1.165, 1.54) is 11.3 Å². The number of amides is 2. The van der Waals surface area contributed by atoms with Crippen LogP contribution in [0.4, 0.5) is 5.13 Å². The van der Waals surface area contributed by atoms with Gasteiger partial charge >= 0.3 is 0 Å². The number of hydrogen-bond acceptors (Lipinski definition) is 6. The molecular weight excluding hydrogens is 340 g/mol. The van der Waals surface area contributed by atoms with Crippen LogP contribution in [-0.2, 0) is 11.2 Å². The van der Waals surface area contributed by atoms with Crippen molar-refractivity contribution < 1.29 is 14.3 Å². The number of nitrogens with one attached hydrogen (secondary N) is 2. The Morgan fingerprint density at radius 3 is 2.40 bits per heavy atom. The predicted molar refractivity (Wildman–Crippen MR) is 97.0 cm³/mol. The Morgan fingerprint density at radius 1 is 1.20 bits per heavy atom. The first-order valence-electron chi connectivity index (χ1n) is 8.02. The van der Waals surface area contributed by atoms with Gasteiger partial charge in [-0.05, 0) is 36.6 Å². The van der Waals surface area contributed by atoms with Crippen molar-refractivity contribution in [2.45, 2.75) is 33.2 Å². The van der Waals surface area contributed by atoms with Gasteiger partial charge in [0.25, 0.3) is 5.91 Å². The number of rotatable bonds is 7. The van der Waals surface area contributed by atoms with Gasteiger partial charge in [-0.3, -0.25) is 14.9 Å². The summed E-state index contributed by atoms with van der Waals surface area (Å²) >= 11 is 1.33. The van der Waals surface area contributed by atoms with Crippen LogP contribution in [0.25, 0.3) is 0 Å². The highest BCUT2D eigenvalue weighted by Gasteiger charge is 2.25. The summed E-state index contributed by atoms with van der Waals surface area (Å²) in [6, 6.07) is 6.03. The van der Waals surface area contributed by atoms with Crippen molar-refractivity contribution in [2.75, 3.05) is 12.4 Å². The fourth-order valence-electron chi connectivity index (χ4n) is 2.13. The van der Waals surface area contributed by atoms with E-state index in [4.69, 9.17) is 4.74 Å². The van der Waals surface area contributed by atoms with Crippen molar-refractivity contribution >= 4 is 28.3 Å². The summed E-state index contributed by atoms with van der Waals surface area (Å²) < 4.78 is 5.08. The molecule has 0 bridgehead atoms. The second-order valence-corrected chi connectivity index (χ2v) is 6.83. The largest absolute Gasteiger partial charge is 0.497 e. The van der Waals surface area contributed by atoms with Crippen LogP contribution in [0.5, 0.6) is 5.75 Å². The molecule has 0 radical (unpaired) electrons. The lowest BCUT2D eigenvalue weighted by Gasteiger charge is -2.21. The Bertz CT molecular complexity index is 728. The molecule has 2 rings (SSSR count). The van der Waals surface area contributed by atoms with Gasteiger partial charge in [0.15, 0.2) is 0 Å². The average Bonchev–Trinajstić information content (AvgIpc) is 3.06. The van der Waals surface area contributed by atoms with Crippen LogP contribution < -0.4 is 15.4 Å². The van der Waals surface area contributed by atoms with E-state index < -0.39 is 6.04 Å². The van der Waals surface area contributed by atoms with Crippen LogP contribution in [0.3, 0.4) is 0 Å². The lowest BCUT2D eigenvalue weighted by atomic mass is 10.0. The minimum atomic E-state index is -0.677. The molecule has 0 saturated heterocycles. The van der Waals surface area contributed by atoms with Crippen LogP contribution >= 0.6 is 11.3 Å². The summed E-state index contributed by atoms with van der Waals surface area (Å²) in [6.45, 7) is 5.71. The lowest BCUT2D eigenvalue weighted by Crippen LogP contribution is -2.47. The summed E-state index contributed by atoms with van der Waals surface area (Å²) in [5.74, 6) is -0.0443. The molecule has 0 unspecified atom stereocenters. The minimum Gasteiger partial charge on any atom is -0.497 e. The molecule has 2 N–H and O–H groups in total. The van der Waals surface area contributed by atoms with E-state index in [1.54, 1.807) is 31.4 Å². The molecule has 0 spiro atoms. The number of ether oxygens (including phenoxy) is 1. The van der Waals surface area contributed by atoms with Crippen LogP contribution in [-0.4, -0.2) is 35.2 Å². The molecule has 1 aromatic heterocycles. The number of carbonyl (C=O) groups is 2. The van der Waals surface area contributed by atoms with E-state index in [0.29, 0.717) is 16.4 Å². The second kappa shape index (κ2) is 8.57. The van der Waals surface area contributed by atoms with Gasteiger partial charge < -0.3 is 10.1 Å². The third-order valence-corrected chi connectivity index (χ3v) is 4.57. The van der Waals surface area contributed by atoms with Crippen molar-refractivity contribution in [3.05, 3.63) is 34.8 Å². The highest BCUT2D eigenvalue weighted by Crippen LogP contribution is 2.17. The van der Waals surface area contributed by atoms with Crippen LogP contribution in [0.2, 0.25) is 0 Å². The zero-order valence-corrected chi connectivity index (χ0v) is 15.5. The number of benzene rings is 1. The zero-order chi connectivity index (χ0) is 18.4.